The fourth-order valence-electron chi connectivity index (χ4n) is 3.62. The van der Waals surface area contributed by atoms with Gasteiger partial charge in [-0.1, -0.05) is 18.2 Å². The maximum atomic E-state index is 12.2. The molecule has 0 spiro atoms. The van der Waals surface area contributed by atoms with Gasteiger partial charge in [0.15, 0.2) is 0 Å². The largest absolute Gasteiger partial charge is 0.433 e. The van der Waals surface area contributed by atoms with Gasteiger partial charge in [-0.2, -0.15) is 0 Å². The number of carbonyl (C=O) groups is 1. The molecule has 2 aliphatic heterocycles. The smallest absolute Gasteiger partial charge is 0.404 e. The van der Waals surface area contributed by atoms with Crippen molar-refractivity contribution in [1.29, 1.82) is 0 Å². The van der Waals surface area contributed by atoms with E-state index in [0.29, 0.717) is 18.6 Å². The van der Waals surface area contributed by atoms with Crippen LogP contribution >= 0.6 is 0 Å². The summed E-state index contributed by atoms with van der Waals surface area (Å²) in [6.45, 7) is 0.753. The molecule has 2 aromatic rings. The molecule has 1 saturated heterocycles. The predicted octanol–water partition coefficient (Wildman–Crippen LogP) is 3.41. The van der Waals surface area contributed by atoms with Crippen molar-refractivity contribution < 1.29 is 14.1 Å². The first-order valence-corrected chi connectivity index (χ1v) is 8.02. The van der Waals surface area contributed by atoms with Crippen LogP contribution in [0.1, 0.15) is 42.7 Å². The van der Waals surface area contributed by atoms with Crippen LogP contribution in [0.15, 0.2) is 40.8 Å². The Kier molecular flexibility index (Phi) is 3.48. The number of benzene rings is 1. The van der Waals surface area contributed by atoms with Gasteiger partial charge in [-0.3, -0.25) is 14.9 Å². The van der Waals surface area contributed by atoms with Gasteiger partial charge in [0.25, 0.3) is 0 Å². The molecule has 7 nitrogen and oxygen atoms in total. The Morgan fingerprint density at radius 2 is 2.08 bits per heavy atom. The average molecular weight is 327 g/mol. The summed E-state index contributed by atoms with van der Waals surface area (Å²) >= 11 is 0. The number of furan rings is 1. The number of nitrogens with zero attached hydrogens (tertiary/aromatic N) is 2. The van der Waals surface area contributed by atoms with Crippen molar-refractivity contribution in [2.24, 2.45) is 0 Å². The molecule has 1 amide bonds. The minimum atomic E-state index is -0.540. The summed E-state index contributed by atoms with van der Waals surface area (Å²) in [7, 11) is 0. The number of nitro groups is 1. The SMILES string of the molecule is O=C1CCCN1[C@H]1C[C@@H](c2ccc([N+](=O)[O-])o2)Nc2ccccc21. The zero-order chi connectivity index (χ0) is 16.7. The molecule has 124 valence electrons. The van der Waals surface area contributed by atoms with Crippen molar-refractivity contribution in [1.82, 2.24) is 4.90 Å². The van der Waals surface area contributed by atoms with E-state index >= 15 is 0 Å². The molecule has 1 fully saturated rings. The lowest BCUT2D eigenvalue weighted by Crippen LogP contribution is -2.35. The zero-order valence-electron chi connectivity index (χ0n) is 13.0. The van der Waals surface area contributed by atoms with Crippen LogP contribution in [-0.2, 0) is 4.79 Å². The first-order valence-electron chi connectivity index (χ1n) is 8.02. The number of nitrogens with one attached hydrogen (secondary N) is 1. The van der Waals surface area contributed by atoms with Crippen molar-refractivity contribution in [3.05, 3.63) is 57.8 Å². The van der Waals surface area contributed by atoms with Crippen LogP contribution in [0.2, 0.25) is 0 Å². The van der Waals surface area contributed by atoms with Crippen LogP contribution in [0.5, 0.6) is 0 Å². The molecule has 1 aromatic heterocycles. The third-order valence-corrected chi connectivity index (χ3v) is 4.73. The van der Waals surface area contributed by atoms with Gasteiger partial charge >= 0.3 is 5.88 Å². The normalized spacial score (nSPS) is 23.0. The lowest BCUT2D eigenvalue weighted by molar-refractivity contribution is -0.402. The number of amides is 1. The predicted molar refractivity (Wildman–Crippen MR) is 86.5 cm³/mol. The lowest BCUT2D eigenvalue weighted by Gasteiger charge is -2.37. The summed E-state index contributed by atoms with van der Waals surface area (Å²) in [6.07, 6.45) is 2.10. The van der Waals surface area contributed by atoms with E-state index in [9.17, 15) is 14.9 Å². The van der Waals surface area contributed by atoms with E-state index in [-0.39, 0.29) is 23.9 Å². The molecule has 2 aliphatic rings. The molecule has 0 saturated carbocycles. The minimum Gasteiger partial charge on any atom is -0.404 e. The van der Waals surface area contributed by atoms with Crippen LogP contribution < -0.4 is 5.32 Å². The highest BCUT2D eigenvalue weighted by molar-refractivity contribution is 5.79. The number of rotatable bonds is 3. The molecule has 3 heterocycles. The Balaban J connectivity index is 1.69. The quantitative estimate of drug-likeness (QED) is 0.689. The van der Waals surface area contributed by atoms with Gasteiger partial charge in [0, 0.05) is 18.7 Å². The molecule has 24 heavy (non-hydrogen) atoms. The second kappa shape index (κ2) is 5.67. The number of hydrogen-bond acceptors (Lipinski definition) is 5. The third kappa shape index (κ3) is 2.42. The van der Waals surface area contributed by atoms with Crippen molar-refractivity contribution in [2.45, 2.75) is 31.3 Å². The highest BCUT2D eigenvalue weighted by Crippen LogP contribution is 2.43. The lowest BCUT2D eigenvalue weighted by atomic mass is 9.91. The van der Waals surface area contributed by atoms with Crippen molar-refractivity contribution in [2.75, 3.05) is 11.9 Å². The van der Waals surface area contributed by atoms with Crippen molar-refractivity contribution >= 4 is 17.5 Å². The molecule has 0 bridgehead atoms. The Bertz CT molecular complexity index is 801. The monoisotopic (exact) mass is 327 g/mol. The van der Waals surface area contributed by atoms with Gasteiger partial charge in [0.05, 0.1) is 18.2 Å². The topological polar surface area (TPSA) is 88.6 Å². The van der Waals surface area contributed by atoms with Gasteiger partial charge in [0.2, 0.25) is 5.91 Å². The van der Waals surface area contributed by atoms with Crippen molar-refractivity contribution in [3.63, 3.8) is 0 Å². The zero-order valence-corrected chi connectivity index (χ0v) is 13.0. The summed E-state index contributed by atoms with van der Waals surface area (Å²) in [4.78, 5) is 24.4. The number of fused-ring (bicyclic) bond motifs is 1. The standard InChI is InChI=1S/C17H17N3O4/c21-16-6-3-9-19(16)14-10-13(15-7-8-17(24-15)20(22)23)18-12-5-2-1-4-11(12)14/h1-2,4-5,7-8,13-14,18H,3,6,9-10H2/t13-,14-/m0/s1. The van der Waals surface area contributed by atoms with Crippen molar-refractivity contribution in [3.8, 4) is 0 Å². The molecule has 2 atom stereocenters. The van der Waals surface area contributed by atoms with Crippen LogP contribution in [0, 0.1) is 10.1 Å². The number of anilines is 1. The fraction of sp³-hybridized carbons (Fsp3) is 0.353. The number of hydrogen-bond donors (Lipinski definition) is 1. The van der Waals surface area contributed by atoms with Gasteiger partial charge in [0.1, 0.15) is 10.7 Å². The number of likely N-dealkylation sites (tertiary alicyclic amines) is 1. The Morgan fingerprint density at radius 3 is 2.79 bits per heavy atom. The maximum absolute atomic E-state index is 12.2. The average Bonchev–Trinajstić information content (AvgIpc) is 3.23. The summed E-state index contributed by atoms with van der Waals surface area (Å²) in [5, 5.41) is 14.2. The Morgan fingerprint density at radius 1 is 1.25 bits per heavy atom. The summed E-state index contributed by atoms with van der Waals surface area (Å²) < 4.78 is 5.37. The molecule has 0 unspecified atom stereocenters. The molecule has 4 rings (SSSR count). The van der Waals surface area contributed by atoms with E-state index in [1.54, 1.807) is 6.07 Å². The van der Waals surface area contributed by atoms with Gasteiger partial charge < -0.3 is 14.6 Å². The Labute approximate surface area is 138 Å². The van der Waals surface area contributed by atoms with Crippen LogP contribution in [0.3, 0.4) is 0 Å². The minimum absolute atomic E-state index is 0.0355. The summed E-state index contributed by atoms with van der Waals surface area (Å²) in [6, 6.07) is 10.7. The summed E-state index contributed by atoms with van der Waals surface area (Å²) in [5.74, 6) is 0.424. The van der Waals surface area contributed by atoms with E-state index in [2.05, 4.69) is 5.32 Å². The van der Waals surface area contributed by atoms with Crippen LogP contribution in [0.25, 0.3) is 0 Å². The first kappa shape index (κ1) is 14.7. The van der Waals surface area contributed by atoms with Crippen LogP contribution in [0.4, 0.5) is 11.6 Å². The van der Waals surface area contributed by atoms with E-state index in [1.165, 1.54) is 6.07 Å². The maximum Gasteiger partial charge on any atom is 0.433 e. The molecule has 1 aromatic carbocycles. The second-order valence-corrected chi connectivity index (χ2v) is 6.16. The van der Waals surface area contributed by atoms with Gasteiger partial charge in [-0.05, 0) is 30.5 Å². The van der Waals surface area contributed by atoms with E-state index < -0.39 is 4.92 Å². The molecular formula is C17H17N3O4. The fourth-order valence-corrected chi connectivity index (χ4v) is 3.62. The highest BCUT2D eigenvalue weighted by atomic mass is 16.6. The molecule has 0 radical (unpaired) electrons. The van der Waals surface area contributed by atoms with E-state index in [4.69, 9.17) is 4.42 Å². The molecular weight excluding hydrogens is 310 g/mol. The van der Waals surface area contributed by atoms with Crippen LogP contribution in [-0.4, -0.2) is 22.3 Å². The molecule has 1 N–H and O–H groups in total. The van der Waals surface area contributed by atoms with Gasteiger partial charge in [-0.25, -0.2) is 0 Å². The Hall–Kier alpha value is -2.83. The number of para-hydroxylation sites is 1. The summed E-state index contributed by atoms with van der Waals surface area (Å²) in [5.41, 5.74) is 2.03. The number of carbonyl (C=O) groups excluding carboxylic acids is 1. The molecule has 0 aliphatic carbocycles. The van der Waals surface area contributed by atoms with E-state index in [1.807, 2.05) is 29.2 Å². The third-order valence-electron chi connectivity index (χ3n) is 4.73. The first-order chi connectivity index (χ1) is 11.6. The highest BCUT2D eigenvalue weighted by Gasteiger charge is 2.36. The molecule has 7 heteroatoms. The van der Waals surface area contributed by atoms with Gasteiger partial charge in [-0.15, -0.1) is 0 Å². The van der Waals surface area contributed by atoms with E-state index in [0.717, 1.165) is 24.2 Å². The second-order valence-electron chi connectivity index (χ2n) is 6.16.